The molecule has 2 aromatic rings. The van der Waals surface area contributed by atoms with Crippen molar-refractivity contribution in [1.82, 2.24) is 4.57 Å². The Labute approximate surface area is 125 Å². The van der Waals surface area contributed by atoms with Crippen molar-refractivity contribution in [2.75, 3.05) is 40.1 Å². The molecule has 0 fully saturated rings. The summed E-state index contributed by atoms with van der Waals surface area (Å²) in [7, 11) is 1.66. The zero-order chi connectivity index (χ0) is 14.9. The number of hydrogen-bond donors (Lipinski definition) is 1. The molecule has 5 nitrogen and oxygen atoms in total. The third-order valence-electron chi connectivity index (χ3n) is 3.37. The van der Waals surface area contributed by atoms with Gasteiger partial charge in [-0.05, 0) is 11.6 Å². The number of nitrogens with zero attached hydrogens (tertiary/aromatic N) is 1. The Kier molecular flexibility index (Phi) is 6.69. The predicted octanol–water partition coefficient (Wildman–Crippen LogP) is 1.78. The number of para-hydroxylation sites is 1. The van der Waals surface area contributed by atoms with Crippen LogP contribution in [0.3, 0.4) is 0 Å². The summed E-state index contributed by atoms with van der Waals surface area (Å²) in [6.45, 7) is 4.48. The van der Waals surface area contributed by atoms with Gasteiger partial charge in [-0.1, -0.05) is 18.2 Å². The third kappa shape index (κ3) is 4.54. The molecule has 1 aromatic heterocycles. The molecule has 5 heteroatoms. The fourth-order valence-electron chi connectivity index (χ4n) is 2.30. The van der Waals surface area contributed by atoms with Gasteiger partial charge < -0.3 is 24.5 Å². The Morgan fingerprint density at radius 2 is 1.71 bits per heavy atom. The van der Waals surface area contributed by atoms with Crippen molar-refractivity contribution >= 4 is 10.9 Å². The van der Waals surface area contributed by atoms with Crippen molar-refractivity contribution in [3.05, 3.63) is 36.0 Å². The monoisotopic (exact) mass is 292 g/mol. The number of benzene rings is 1. The van der Waals surface area contributed by atoms with Gasteiger partial charge in [0.15, 0.2) is 0 Å². The molecular formula is C16H24N2O3. The van der Waals surface area contributed by atoms with E-state index in [4.69, 9.17) is 19.9 Å². The highest BCUT2D eigenvalue weighted by Crippen LogP contribution is 2.20. The zero-order valence-corrected chi connectivity index (χ0v) is 12.6. The molecular weight excluding hydrogens is 268 g/mol. The zero-order valence-electron chi connectivity index (χ0n) is 12.6. The molecule has 0 bridgehead atoms. The number of nitrogens with two attached hydrogens (primary N) is 1. The smallest absolute Gasteiger partial charge is 0.0701 e. The van der Waals surface area contributed by atoms with Crippen LogP contribution < -0.4 is 5.73 Å². The van der Waals surface area contributed by atoms with Gasteiger partial charge in [0.25, 0.3) is 0 Å². The molecule has 0 aliphatic rings. The van der Waals surface area contributed by atoms with Crippen molar-refractivity contribution in [3.63, 3.8) is 0 Å². The third-order valence-corrected chi connectivity index (χ3v) is 3.37. The van der Waals surface area contributed by atoms with Crippen LogP contribution in [0.15, 0.2) is 30.5 Å². The molecule has 21 heavy (non-hydrogen) atoms. The summed E-state index contributed by atoms with van der Waals surface area (Å²) < 4.78 is 18.0. The summed E-state index contributed by atoms with van der Waals surface area (Å²) >= 11 is 0. The molecule has 0 amide bonds. The first-order valence-corrected chi connectivity index (χ1v) is 7.28. The first-order chi connectivity index (χ1) is 10.4. The average Bonchev–Trinajstić information content (AvgIpc) is 2.88. The largest absolute Gasteiger partial charge is 0.382 e. The van der Waals surface area contributed by atoms with E-state index in [1.807, 2.05) is 12.1 Å². The number of hydrogen-bond acceptors (Lipinski definition) is 4. The van der Waals surface area contributed by atoms with Gasteiger partial charge in [0.1, 0.15) is 0 Å². The SMILES string of the molecule is COCCOCCOCCn1cc(CN)c2ccccc21. The van der Waals surface area contributed by atoms with E-state index in [2.05, 4.69) is 22.9 Å². The maximum Gasteiger partial charge on any atom is 0.0701 e. The summed E-state index contributed by atoms with van der Waals surface area (Å²) in [6.07, 6.45) is 2.11. The lowest BCUT2D eigenvalue weighted by Crippen LogP contribution is -2.11. The Morgan fingerprint density at radius 1 is 1.00 bits per heavy atom. The molecule has 2 rings (SSSR count). The Morgan fingerprint density at radius 3 is 2.48 bits per heavy atom. The minimum Gasteiger partial charge on any atom is -0.382 e. The van der Waals surface area contributed by atoms with Crippen molar-refractivity contribution in [3.8, 4) is 0 Å². The summed E-state index contributed by atoms with van der Waals surface area (Å²) in [5.74, 6) is 0. The molecule has 0 aliphatic heterocycles. The summed E-state index contributed by atoms with van der Waals surface area (Å²) in [5, 5.41) is 1.22. The van der Waals surface area contributed by atoms with E-state index in [1.165, 1.54) is 16.5 Å². The lowest BCUT2D eigenvalue weighted by atomic mass is 10.2. The van der Waals surface area contributed by atoms with Crippen LogP contribution in [0.2, 0.25) is 0 Å². The van der Waals surface area contributed by atoms with Crippen LogP contribution >= 0.6 is 0 Å². The second-order valence-electron chi connectivity index (χ2n) is 4.79. The number of methoxy groups -OCH3 is 1. The normalized spacial score (nSPS) is 11.3. The van der Waals surface area contributed by atoms with Gasteiger partial charge in [-0.25, -0.2) is 0 Å². The van der Waals surface area contributed by atoms with E-state index < -0.39 is 0 Å². The molecule has 0 saturated carbocycles. The van der Waals surface area contributed by atoms with Gasteiger partial charge in [-0.3, -0.25) is 0 Å². The average molecular weight is 292 g/mol. The minimum atomic E-state index is 0.557. The second-order valence-corrected chi connectivity index (χ2v) is 4.79. The molecule has 116 valence electrons. The van der Waals surface area contributed by atoms with Crippen LogP contribution in [0.25, 0.3) is 10.9 Å². The highest BCUT2D eigenvalue weighted by atomic mass is 16.5. The van der Waals surface area contributed by atoms with E-state index in [0.717, 1.165) is 6.54 Å². The molecule has 2 N–H and O–H groups in total. The Hall–Kier alpha value is -1.40. The molecule has 0 saturated heterocycles. The Bertz CT molecular complexity index is 539. The molecule has 0 aliphatic carbocycles. The second kappa shape index (κ2) is 8.79. The van der Waals surface area contributed by atoms with Crippen LogP contribution in [0.4, 0.5) is 0 Å². The number of ether oxygens (including phenoxy) is 3. The molecule has 1 heterocycles. The quantitative estimate of drug-likeness (QED) is 0.678. The number of aromatic nitrogens is 1. The van der Waals surface area contributed by atoms with Crippen molar-refractivity contribution in [1.29, 1.82) is 0 Å². The van der Waals surface area contributed by atoms with Crippen LogP contribution in [0.1, 0.15) is 5.56 Å². The van der Waals surface area contributed by atoms with Gasteiger partial charge in [-0.2, -0.15) is 0 Å². The van der Waals surface area contributed by atoms with E-state index >= 15 is 0 Å². The lowest BCUT2D eigenvalue weighted by molar-refractivity contribution is 0.0232. The standard InChI is InChI=1S/C16H24N2O3/c1-19-8-9-21-11-10-20-7-6-18-13-14(12-17)15-4-2-3-5-16(15)18/h2-5,13H,6-12,17H2,1H3. The minimum absolute atomic E-state index is 0.557. The van der Waals surface area contributed by atoms with E-state index in [0.29, 0.717) is 39.6 Å². The van der Waals surface area contributed by atoms with Crippen LogP contribution in [-0.2, 0) is 27.3 Å². The van der Waals surface area contributed by atoms with Gasteiger partial charge in [0, 0.05) is 37.3 Å². The summed E-state index contributed by atoms with van der Waals surface area (Å²) in [6, 6.07) is 8.31. The van der Waals surface area contributed by atoms with Crippen molar-refractivity contribution < 1.29 is 14.2 Å². The van der Waals surface area contributed by atoms with E-state index in [-0.39, 0.29) is 0 Å². The van der Waals surface area contributed by atoms with Gasteiger partial charge in [-0.15, -0.1) is 0 Å². The van der Waals surface area contributed by atoms with Crippen LogP contribution in [0.5, 0.6) is 0 Å². The van der Waals surface area contributed by atoms with Crippen molar-refractivity contribution in [2.45, 2.75) is 13.1 Å². The van der Waals surface area contributed by atoms with Gasteiger partial charge in [0.05, 0.1) is 33.0 Å². The predicted molar refractivity (Wildman–Crippen MR) is 83.3 cm³/mol. The van der Waals surface area contributed by atoms with Crippen LogP contribution in [0, 0.1) is 0 Å². The number of fused-ring (bicyclic) bond motifs is 1. The fraction of sp³-hybridized carbons (Fsp3) is 0.500. The van der Waals surface area contributed by atoms with Crippen molar-refractivity contribution in [2.24, 2.45) is 5.73 Å². The van der Waals surface area contributed by atoms with Gasteiger partial charge >= 0.3 is 0 Å². The first kappa shape index (κ1) is 16.0. The lowest BCUT2D eigenvalue weighted by Gasteiger charge is -2.07. The van der Waals surface area contributed by atoms with E-state index in [1.54, 1.807) is 7.11 Å². The molecule has 0 radical (unpaired) electrons. The topological polar surface area (TPSA) is 58.6 Å². The first-order valence-electron chi connectivity index (χ1n) is 7.28. The summed E-state index contributed by atoms with van der Waals surface area (Å²) in [4.78, 5) is 0. The molecule has 0 spiro atoms. The van der Waals surface area contributed by atoms with E-state index in [9.17, 15) is 0 Å². The highest BCUT2D eigenvalue weighted by molar-refractivity contribution is 5.83. The summed E-state index contributed by atoms with van der Waals surface area (Å²) in [5.41, 5.74) is 8.17. The maximum atomic E-state index is 5.79. The molecule has 0 atom stereocenters. The van der Waals surface area contributed by atoms with Gasteiger partial charge in [0.2, 0.25) is 0 Å². The number of rotatable bonds is 10. The highest BCUT2D eigenvalue weighted by Gasteiger charge is 2.06. The fourth-order valence-corrected chi connectivity index (χ4v) is 2.30. The Balaban J connectivity index is 1.76. The molecule has 1 aromatic carbocycles. The van der Waals surface area contributed by atoms with Crippen LogP contribution in [-0.4, -0.2) is 44.7 Å². The maximum absolute atomic E-state index is 5.79. The molecule has 0 unspecified atom stereocenters.